The van der Waals surface area contributed by atoms with Crippen LogP contribution in [0.15, 0.2) is 47.6 Å². The first-order valence-electron chi connectivity index (χ1n) is 11.2. The van der Waals surface area contributed by atoms with Gasteiger partial charge in [0.1, 0.15) is 17.8 Å². The number of amides is 1. The molecule has 2 aromatic heterocycles. The van der Waals surface area contributed by atoms with Crippen molar-refractivity contribution in [3.05, 3.63) is 54.0 Å². The summed E-state index contributed by atoms with van der Waals surface area (Å²) in [4.78, 5) is 18.4. The number of likely N-dealkylation sites (tertiary alicyclic amines) is 1. The van der Waals surface area contributed by atoms with Crippen molar-refractivity contribution >= 4 is 26.8 Å². The second kappa shape index (κ2) is 9.41. The van der Waals surface area contributed by atoms with Gasteiger partial charge in [0.25, 0.3) is 0 Å². The molecule has 3 heterocycles. The van der Waals surface area contributed by atoms with Gasteiger partial charge >= 0.3 is 0 Å². The zero-order chi connectivity index (χ0) is 23.6. The second-order valence-corrected chi connectivity index (χ2v) is 10.5. The summed E-state index contributed by atoms with van der Waals surface area (Å²) in [5, 5.41) is 9.88. The molecule has 1 saturated heterocycles. The number of piperidine rings is 1. The zero-order valence-corrected chi connectivity index (χ0v) is 19.7. The Kier molecular flexibility index (Phi) is 6.58. The van der Waals surface area contributed by atoms with Crippen LogP contribution in [0.5, 0.6) is 0 Å². The SMILES string of the molecule is Cc1ccc(S(=O)(=O)NC(CCn2cccc2C#N)C(=O)N2CCC(C)CC2)c2cc[nH]c12. The summed E-state index contributed by atoms with van der Waals surface area (Å²) in [5.74, 6) is 0.338. The third-order valence-electron chi connectivity index (χ3n) is 6.47. The van der Waals surface area contributed by atoms with Gasteiger partial charge in [0.05, 0.1) is 4.90 Å². The minimum Gasteiger partial charge on any atom is -0.361 e. The molecule has 3 aromatic rings. The van der Waals surface area contributed by atoms with E-state index in [-0.39, 0.29) is 17.2 Å². The Morgan fingerprint density at radius 2 is 2.03 bits per heavy atom. The van der Waals surface area contributed by atoms with Crippen LogP contribution < -0.4 is 4.72 Å². The summed E-state index contributed by atoms with van der Waals surface area (Å²) >= 11 is 0. The number of fused-ring (bicyclic) bond motifs is 1. The van der Waals surface area contributed by atoms with Crippen LogP contribution in [0, 0.1) is 24.2 Å². The average molecular weight is 468 g/mol. The topological polar surface area (TPSA) is 111 Å². The van der Waals surface area contributed by atoms with Crippen molar-refractivity contribution in [2.75, 3.05) is 13.1 Å². The lowest BCUT2D eigenvalue weighted by Crippen LogP contribution is -2.50. The van der Waals surface area contributed by atoms with Crippen LogP contribution in [0.3, 0.4) is 0 Å². The monoisotopic (exact) mass is 467 g/mol. The van der Waals surface area contributed by atoms with Gasteiger partial charge in [-0.05, 0) is 61.9 Å². The molecule has 1 unspecified atom stereocenters. The molecule has 8 nitrogen and oxygen atoms in total. The molecule has 1 aliphatic heterocycles. The number of nitrogens with one attached hydrogen (secondary N) is 2. The van der Waals surface area contributed by atoms with Gasteiger partial charge < -0.3 is 14.5 Å². The molecule has 33 heavy (non-hydrogen) atoms. The number of aromatic amines is 1. The van der Waals surface area contributed by atoms with Crippen LogP contribution in [0.1, 0.15) is 37.4 Å². The van der Waals surface area contributed by atoms with Crippen molar-refractivity contribution in [3.63, 3.8) is 0 Å². The maximum atomic E-state index is 13.4. The Morgan fingerprint density at radius 3 is 2.76 bits per heavy atom. The van der Waals surface area contributed by atoms with Crippen molar-refractivity contribution in [3.8, 4) is 6.07 Å². The van der Waals surface area contributed by atoms with E-state index < -0.39 is 16.1 Å². The van der Waals surface area contributed by atoms with E-state index in [1.165, 1.54) is 0 Å². The highest BCUT2D eigenvalue weighted by atomic mass is 32.2. The molecule has 1 aromatic carbocycles. The molecule has 9 heteroatoms. The molecule has 0 radical (unpaired) electrons. The third-order valence-corrected chi connectivity index (χ3v) is 8.00. The van der Waals surface area contributed by atoms with Gasteiger partial charge in [-0.25, -0.2) is 8.42 Å². The van der Waals surface area contributed by atoms with Crippen LogP contribution in [0.4, 0.5) is 0 Å². The van der Waals surface area contributed by atoms with Crippen LogP contribution >= 0.6 is 0 Å². The number of rotatable bonds is 7. The molecular weight excluding hydrogens is 438 g/mol. The van der Waals surface area contributed by atoms with Crippen molar-refractivity contribution in [1.29, 1.82) is 5.26 Å². The number of aryl methyl sites for hydroxylation is 2. The largest absolute Gasteiger partial charge is 0.361 e. The van der Waals surface area contributed by atoms with E-state index in [4.69, 9.17) is 0 Å². The molecular formula is C24H29N5O3S. The van der Waals surface area contributed by atoms with Crippen molar-refractivity contribution in [1.82, 2.24) is 19.2 Å². The van der Waals surface area contributed by atoms with Crippen LogP contribution in [-0.4, -0.2) is 47.9 Å². The number of sulfonamides is 1. The minimum atomic E-state index is -3.97. The lowest BCUT2D eigenvalue weighted by atomic mass is 9.98. The predicted molar refractivity (Wildman–Crippen MR) is 126 cm³/mol. The molecule has 174 valence electrons. The Bertz CT molecular complexity index is 1290. The lowest BCUT2D eigenvalue weighted by molar-refractivity contribution is -0.134. The molecule has 0 bridgehead atoms. The Hall–Kier alpha value is -3.09. The molecule has 1 fully saturated rings. The number of nitrogens with zero attached hydrogens (tertiary/aromatic N) is 3. The highest BCUT2D eigenvalue weighted by Gasteiger charge is 2.31. The first kappa shape index (κ1) is 23.1. The average Bonchev–Trinajstić information content (AvgIpc) is 3.46. The number of aromatic nitrogens is 2. The van der Waals surface area contributed by atoms with Crippen molar-refractivity contribution in [2.24, 2.45) is 5.92 Å². The van der Waals surface area contributed by atoms with Crippen LogP contribution in [0.25, 0.3) is 10.9 Å². The summed E-state index contributed by atoms with van der Waals surface area (Å²) in [6.45, 7) is 5.68. The first-order chi connectivity index (χ1) is 15.8. The number of H-pyrrole nitrogens is 1. The summed E-state index contributed by atoms with van der Waals surface area (Å²) in [7, 11) is -3.97. The van der Waals surface area contributed by atoms with E-state index >= 15 is 0 Å². The Labute approximate surface area is 194 Å². The van der Waals surface area contributed by atoms with E-state index in [0.29, 0.717) is 36.6 Å². The number of benzene rings is 1. The second-order valence-electron chi connectivity index (χ2n) is 8.82. The molecule has 1 aliphatic rings. The number of hydrogen-bond acceptors (Lipinski definition) is 4. The minimum absolute atomic E-state index is 0.146. The van der Waals surface area contributed by atoms with Gasteiger partial charge in [-0.2, -0.15) is 9.98 Å². The number of hydrogen-bond donors (Lipinski definition) is 2. The van der Waals surface area contributed by atoms with Crippen molar-refractivity contribution in [2.45, 2.75) is 50.6 Å². The standard InChI is InChI=1S/C24H29N5O3S/c1-17-8-13-29(14-9-17)24(30)21(10-15-28-12-3-4-19(28)16-25)27-33(31,32)22-6-5-18(2)23-20(22)7-11-26-23/h3-7,11-12,17,21,26-27H,8-10,13-15H2,1-2H3. The number of carbonyl (C=O) groups is 1. The lowest BCUT2D eigenvalue weighted by Gasteiger charge is -2.33. The molecule has 0 saturated carbocycles. The summed E-state index contributed by atoms with van der Waals surface area (Å²) in [5.41, 5.74) is 2.18. The zero-order valence-electron chi connectivity index (χ0n) is 18.9. The van der Waals surface area contributed by atoms with Gasteiger partial charge in [-0.3, -0.25) is 4.79 Å². The Morgan fingerprint density at radius 1 is 1.27 bits per heavy atom. The summed E-state index contributed by atoms with van der Waals surface area (Å²) in [6, 6.07) is 9.73. The molecule has 1 atom stereocenters. The maximum absolute atomic E-state index is 13.4. The number of nitriles is 1. The van der Waals surface area contributed by atoms with E-state index in [2.05, 4.69) is 22.7 Å². The molecule has 0 spiro atoms. The normalized spacial score (nSPS) is 16.1. The Balaban J connectivity index is 1.61. The molecule has 2 N–H and O–H groups in total. The molecule has 4 rings (SSSR count). The maximum Gasteiger partial charge on any atom is 0.241 e. The summed E-state index contributed by atoms with van der Waals surface area (Å²) < 4.78 is 31.3. The van der Waals surface area contributed by atoms with Crippen molar-refractivity contribution < 1.29 is 13.2 Å². The fourth-order valence-electron chi connectivity index (χ4n) is 4.42. The fourth-order valence-corrected chi connectivity index (χ4v) is 5.85. The first-order valence-corrected chi connectivity index (χ1v) is 12.7. The predicted octanol–water partition coefficient (Wildman–Crippen LogP) is 3.15. The van der Waals surface area contributed by atoms with E-state index in [0.717, 1.165) is 23.9 Å². The molecule has 1 amide bonds. The van der Waals surface area contributed by atoms with Gasteiger partial charge in [0.2, 0.25) is 15.9 Å². The van der Waals surface area contributed by atoms with E-state index in [9.17, 15) is 18.5 Å². The van der Waals surface area contributed by atoms with E-state index in [1.54, 1.807) is 52.2 Å². The van der Waals surface area contributed by atoms with Crippen LogP contribution in [-0.2, 0) is 21.4 Å². The smallest absolute Gasteiger partial charge is 0.241 e. The molecule has 0 aliphatic carbocycles. The van der Waals surface area contributed by atoms with Gasteiger partial charge in [-0.1, -0.05) is 13.0 Å². The quantitative estimate of drug-likeness (QED) is 0.556. The van der Waals surface area contributed by atoms with Gasteiger partial charge in [0.15, 0.2) is 0 Å². The fraction of sp³-hybridized carbons (Fsp3) is 0.417. The highest BCUT2D eigenvalue weighted by molar-refractivity contribution is 7.89. The summed E-state index contributed by atoms with van der Waals surface area (Å²) in [6.07, 6.45) is 5.53. The van der Waals surface area contributed by atoms with Crippen LogP contribution in [0.2, 0.25) is 0 Å². The highest BCUT2D eigenvalue weighted by Crippen LogP contribution is 2.26. The van der Waals surface area contributed by atoms with Gasteiger partial charge in [-0.15, -0.1) is 0 Å². The number of carbonyl (C=O) groups excluding carboxylic acids is 1. The third kappa shape index (κ3) is 4.82. The van der Waals surface area contributed by atoms with Gasteiger partial charge in [0, 0.05) is 42.9 Å². The van der Waals surface area contributed by atoms with E-state index in [1.807, 2.05) is 6.92 Å².